The van der Waals surface area contributed by atoms with Gasteiger partial charge in [-0.05, 0) is 55.3 Å². The summed E-state index contributed by atoms with van der Waals surface area (Å²) in [6, 6.07) is 10.4. The van der Waals surface area contributed by atoms with Crippen molar-refractivity contribution in [3.8, 4) is 5.75 Å². The normalized spacial score (nSPS) is 11.6. The summed E-state index contributed by atoms with van der Waals surface area (Å²) in [5, 5.41) is 2.73. The van der Waals surface area contributed by atoms with Crippen LogP contribution in [0, 0.1) is 11.6 Å². The summed E-state index contributed by atoms with van der Waals surface area (Å²) in [6.45, 7) is 3.89. The molecule has 7 heteroatoms. The molecule has 5 nitrogen and oxygen atoms in total. The average Bonchev–Trinajstić information content (AvgIpc) is 2.69. The zero-order chi connectivity index (χ0) is 20.5. The van der Waals surface area contributed by atoms with Crippen LogP contribution in [0.5, 0.6) is 5.75 Å². The van der Waals surface area contributed by atoms with Crippen molar-refractivity contribution in [1.82, 2.24) is 10.2 Å². The molecule has 2 rings (SSSR count). The number of nitrogens with one attached hydrogen (secondary N) is 1. The first kappa shape index (κ1) is 21.3. The minimum Gasteiger partial charge on any atom is -0.484 e. The number of carbonyl (C=O) groups excluding carboxylic acids is 2. The van der Waals surface area contributed by atoms with Gasteiger partial charge < -0.3 is 15.0 Å². The summed E-state index contributed by atoms with van der Waals surface area (Å²) in [4.78, 5) is 26.7. The molecule has 1 N–H and O–H groups in total. The molecule has 0 unspecified atom stereocenters. The molecular formula is C21H24F2N2O3. The summed E-state index contributed by atoms with van der Waals surface area (Å²) < 4.78 is 31.6. The van der Waals surface area contributed by atoms with Gasteiger partial charge in [0, 0.05) is 13.1 Å². The third-order valence-electron chi connectivity index (χ3n) is 4.18. The lowest BCUT2D eigenvalue weighted by atomic mass is 10.1. The monoisotopic (exact) mass is 390 g/mol. The molecule has 0 aromatic heterocycles. The molecule has 0 radical (unpaired) electrons. The molecule has 0 saturated heterocycles. The van der Waals surface area contributed by atoms with E-state index in [0.717, 1.165) is 0 Å². The van der Waals surface area contributed by atoms with E-state index < -0.39 is 17.8 Å². The summed E-state index contributed by atoms with van der Waals surface area (Å²) in [5.41, 5.74) is 0.694. The Morgan fingerprint density at radius 2 is 1.57 bits per heavy atom. The van der Waals surface area contributed by atoms with Crippen molar-refractivity contribution in [1.29, 1.82) is 0 Å². The number of hydrogen-bond donors (Lipinski definition) is 1. The van der Waals surface area contributed by atoms with Crippen LogP contribution < -0.4 is 10.1 Å². The first-order chi connectivity index (χ1) is 13.4. The van der Waals surface area contributed by atoms with E-state index in [1.165, 1.54) is 41.3 Å². The summed E-state index contributed by atoms with van der Waals surface area (Å²) in [7, 11) is 0. The molecule has 2 aromatic rings. The molecule has 1 atom stereocenters. The molecule has 2 amide bonds. The van der Waals surface area contributed by atoms with Crippen molar-refractivity contribution in [2.24, 2.45) is 0 Å². The average molecular weight is 390 g/mol. The second-order valence-corrected chi connectivity index (χ2v) is 6.21. The first-order valence-corrected chi connectivity index (χ1v) is 9.14. The highest BCUT2D eigenvalue weighted by Gasteiger charge is 2.28. The van der Waals surface area contributed by atoms with Gasteiger partial charge in [0.2, 0.25) is 5.91 Å². The lowest BCUT2D eigenvalue weighted by molar-refractivity contribution is -0.142. The number of hydrogen-bond acceptors (Lipinski definition) is 3. The first-order valence-electron chi connectivity index (χ1n) is 9.14. The molecule has 0 aliphatic rings. The van der Waals surface area contributed by atoms with E-state index in [-0.39, 0.29) is 24.9 Å². The maximum Gasteiger partial charge on any atom is 0.261 e. The largest absolute Gasteiger partial charge is 0.484 e. The van der Waals surface area contributed by atoms with E-state index in [2.05, 4.69) is 5.32 Å². The summed E-state index contributed by atoms with van der Waals surface area (Å²) in [5.74, 6) is -1.09. The van der Waals surface area contributed by atoms with Gasteiger partial charge in [-0.25, -0.2) is 8.78 Å². The third-order valence-corrected chi connectivity index (χ3v) is 4.18. The quantitative estimate of drug-likeness (QED) is 0.715. The summed E-state index contributed by atoms with van der Waals surface area (Å²) in [6.07, 6.45) is 0.412. The number of benzene rings is 2. The number of amides is 2. The highest BCUT2D eigenvalue weighted by atomic mass is 19.1. The molecule has 0 aliphatic carbocycles. The van der Waals surface area contributed by atoms with Crippen molar-refractivity contribution in [3.05, 3.63) is 65.7 Å². The summed E-state index contributed by atoms with van der Waals surface area (Å²) >= 11 is 0. The van der Waals surface area contributed by atoms with Crippen LogP contribution in [0.25, 0.3) is 0 Å². The van der Waals surface area contributed by atoms with Crippen LogP contribution in [0.3, 0.4) is 0 Å². The van der Waals surface area contributed by atoms with Gasteiger partial charge in [-0.15, -0.1) is 0 Å². The molecule has 0 spiro atoms. The van der Waals surface area contributed by atoms with Gasteiger partial charge in [-0.3, -0.25) is 9.59 Å². The zero-order valence-corrected chi connectivity index (χ0v) is 16.0. The van der Waals surface area contributed by atoms with E-state index in [0.29, 0.717) is 24.3 Å². The van der Waals surface area contributed by atoms with Crippen LogP contribution in [0.2, 0.25) is 0 Å². The van der Waals surface area contributed by atoms with Crippen LogP contribution >= 0.6 is 0 Å². The predicted octanol–water partition coefficient (Wildman–Crippen LogP) is 3.29. The second kappa shape index (κ2) is 10.4. The van der Waals surface area contributed by atoms with Crippen molar-refractivity contribution >= 4 is 11.8 Å². The van der Waals surface area contributed by atoms with Gasteiger partial charge in [0.15, 0.2) is 6.61 Å². The fourth-order valence-corrected chi connectivity index (χ4v) is 2.76. The standard InChI is InChI=1S/C21H24F2N2O3/c1-3-19(21(27)24-4-2)25(13-15-5-7-16(22)8-6-15)20(26)14-28-18-11-9-17(23)10-12-18/h5-12,19H,3-4,13-14H2,1-2H3,(H,24,27)/t19-/m0/s1. The maximum atomic E-state index is 13.2. The zero-order valence-electron chi connectivity index (χ0n) is 16.0. The Balaban J connectivity index is 2.16. The lowest BCUT2D eigenvalue weighted by Crippen LogP contribution is -2.50. The fraction of sp³-hybridized carbons (Fsp3) is 0.333. The van der Waals surface area contributed by atoms with Crippen LogP contribution in [-0.2, 0) is 16.1 Å². The second-order valence-electron chi connectivity index (χ2n) is 6.21. The predicted molar refractivity (Wildman–Crippen MR) is 102 cm³/mol. The Morgan fingerprint density at radius 3 is 2.11 bits per heavy atom. The van der Waals surface area contributed by atoms with E-state index in [1.54, 1.807) is 19.1 Å². The van der Waals surface area contributed by atoms with Gasteiger partial charge >= 0.3 is 0 Å². The van der Waals surface area contributed by atoms with Crippen LogP contribution in [0.15, 0.2) is 48.5 Å². The molecule has 0 bridgehead atoms. The SMILES string of the molecule is CCNC(=O)[C@H](CC)N(Cc1ccc(F)cc1)C(=O)COc1ccc(F)cc1. The molecular weight excluding hydrogens is 366 g/mol. The van der Waals surface area contributed by atoms with E-state index in [9.17, 15) is 18.4 Å². The molecule has 0 saturated carbocycles. The van der Waals surface area contributed by atoms with Crippen LogP contribution in [0.1, 0.15) is 25.8 Å². The minimum absolute atomic E-state index is 0.140. The van der Waals surface area contributed by atoms with Crippen LogP contribution in [0.4, 0.5) is 8.78 Å². The van der Waals surface area contributed by atoms with Crippen molar-refractivity contribution in [2.75, 3.05) is 13.2 Å². The van der Waals surface area contributed by atoms with Crippen LogP contribution in [-0.4, -0.2) is 35.9 Å². The molecule has 150 valence electrons. The van der Waals surface area contributed by atoms with Gasteiger partial charge in [-0.1, -0.05) is 19.1 Å². The Bertz CT molecular complexity index is 779. The van der Waals surface area contributed by atoms with E-state index in [4.69, 9.17) is 4.74 Å². The minimum atomic E-state index is -0.686. The van der Waals surface area contributed by atoms with Crippen molar-refractivity contribution in [2.45, 2.75) is 32.9 Å². The van der Waals surface area contributed by atoms with Crippen molar-refractivity contribution in [3.63, 3.8) is 0 Å². The molecule has 0 aliphatic heterocycles. The lowest BCUT2D eigenvalue weighted by Gasteiger charge is -2.30. The Labute approximate surface area is 163 Å². The Morgan fingerprint density at radius 1 is 1.00 bits per heavy atom. The third kappa shape index (κ3) is 6.04. The van der Waals surface area contributed by atoms with Gasteiger partial charge in [0.25, 0.3) is 5.91 Å². The number of nitrogens with zero attached hydrogens (tertiary/aromatic N) is 1. The van der Waals surface area contributed by atoms with E-state index in [1.807, 2.05) is 6.92 Å². The highest BCUT2D eigenvalue weighted by molar-refractivity contribution is 5.88. The highest BCUT2D eigenvalue weighted by Crippen LogP contribution is 2.15. The maximum absolute atomic E-state index is 13.2. The molecule has 0 heterocycles. The number of likely N-dealkylation sites (N-methyl/N-ethyl adjacent to an activating group) is 1. The van der Waals surface area contributed by atoms with Crippen molar-refractivity contribution < 1.29 is 23.1 Å². The molecule has 0 fully saturated rings. The number of halogens is 2. The molecule has 28 heavy (non-hydrogen) atoms. The topological polar surface area (TPSA) is 58.6 Å². The Hall–Kier alpha value is -2.96. The molecule has 2 aromatic carbocycles. The van der Waals surface area contributed by atoms with E-state index >= 15 is 0 Å². The smallest absolute Gasteiger partial charge is 0.261 e. The Kier molecular flexibility index (Phi) is 7.92. The van der Waals surface area contributed by atoms with Gasteiger partial charge in [-0.2, -0.15) is 0 Å². The van der Waals surface area contributed by atoms with Gasteiger partial charge in [0.05, 0.1) is 0 Å². The fourth-order valence-electron chi connectivity index (χ4n) is 2.76. The number of rotatable bonds is 9. The van der Waals surface area contributed by atoms with Gasteiger partial charge in [0.1, 0.15) is 23.4 Å². The number of carbonyl (C=O) groups is 2. The number of ether oxygens (including phenoxy) is 1.